The third-order valence-electron chi connectivity index (χ3n) is 4.10. The molecule has 1 saturated carbocycles. The summed E-state index contributed by atoms with van der Waals surface area (Å²) in [6.45, 7) is 0. The maximum atomic E-state index is 12.1. The van der Waals surface area contributed by atoms with Crippen LogP contribution in [0.3, 0.4) is 0 Å². The zero-order valence-corrected chi connectivity index (χ0v) is 15.1. The number of nitrogens with one attached hydrogen (secondary N) is 2. The third-order valence-corrected chi connectivity index (χ3v) is 4.57. The first-order valence-electron chi connectivity index (χ1n) is 8.20. The Labute approximate surface area is 156 Å². The Morgan fingerprint density at radius 3 is 2.32 bits per heavy atom. The highest BCUT2D eigenvalue weighted by Crippen LogP contribution is 2.23. The largest absolute Gasteiger partial charge is 0.474 e. The highest BCUT2D eigenvalue weighted by atomic mass is 35.5. The van der Waals surface area contributed by atoms with Crippen LogP contribution in [-0.2, 0) is 0 Å². The molecule has 2 N–H and O–H groups in total. The molecule has 0 aliphatic heterocycles. The molecule has 0 atom stereocenters. The Balaban J connectivity index is 1.42. The van der Waals surface area contributed by atoms with E-state index in [0.29, 0.717) is 21.6 Å². The highest BCUT2D eigenvalue weighted by Gasteiger charge is 2.23. The highest BCUT2D eigenvalue weighted by molar-refractivity contribution is 6.30. The van der Waals surface area contributed by atoms with Gasteiger partial charge >= 0.3 is 6.03 Å². The number of carbonyl (C=O) groups excluding carboxylic acids is 1. The summed E-state index contributed by atoms with van der Waals surface area (Å²) in [6.07, 6.45) is 5.17. The molecule has 0 unspecified atom stereocenters. The van der Waals surface area contributed by atoms with Crippen molar-refractivity contribution in [1.82, 2.24) is 10.3 Å². The number of rotatable bonds is 4. The minimum absolute atomic E-state index is 0.117. The maximum absolute atomic E-state index is 12.1. The van der Waals surface area contributed by atoms with E-state index in [1.165, 1.54) is 0 Å². The van der Waals surface area contributed by atoms with Gasteiger partial charge in [0.05, 0.1) is 5.02 Å². The quantitative estimate of drug-likeness (QED) is 0.793. The van der Waals surface area contributed by atoms with Gasteiger partial charge in [-0.15, -0.1) is 0 Å². The number of halogens is 2. The van der Waals surface area contributed by atoms with Gasteiger partial charge in [0.15, 0.2) is 0 Å². The lowest BCUT2D eigenvalue weighted by molar-refractivity contribution is 0.135. The average molecular weight is 380 g/mol. The first kappa shape index (κ1) is 17.8. The molecule has 0 spiro atoms. The topological polar surface area (TPSA) is 63.2 Å². The molecule has 0 saturated heterocycles. The molecule has 1 aromatic carbocycles. The van der Waals surface area contributed by atoms with E-state index in [0.717, 1.165) is 25.7 Å². The molecule has 25 heavy (non-hydrogen) atoms. The fourth-order valence-electron chi connectivity index (χ4n) is 2.81. The summed E-state index contributed by atoms with van der Waals surface area (Å²) in [7, 11) is 0. The molecule has 1 aliphatic carbocycles. The Morgan fingerprint density at radius 2 is 1.68 bits per heavy atom. The summed E-state index contributed by atoms with van der Waals surface area (Å²) in [4.78, 5) is 16.2. The SMILES string of the molecule is O=C(Nc1ccc(Cl)cc1)NC1CCC(Oc2ccc(Cl)cn2)CC1. The Kier molecular flexibility index (Phi) is 6.00. The van der Waals surface area contributed by atoms with Crippen LogP contribution in [0, 0.1) is 0 Å². The Morgan fingerprint density at radius 1 is 1.00 bits per heavy atom. The van der Waals surface area contributed by atoms with Crippen molar-refractivity contribution in [1.29, 1.82) is 0 Å². The monoisotopic (exact) mass is 379 g/mol. The predicted molar refractivity (Wildman–Crippen MR) is 99.5 cm³/mol. The van der Waals surface area contributed by atoms with E-state index in [9.17, 15) is 4.79 Å². The first-order valence-corrected chi connectivity index (χ1v) is 8.95. The molecule has 0 bridgehead atoms. The zero-order valence-electron chi connectivity index (χ0n) is 13.5. The Bertz CT molecular complexity index is 699. The second-order valence-electron chi connectivity index (χ2n) is 6.01. The number of hydrogen-bond acceptors (Lipinski definition) is 3. The normalized spacial score (nSPS) is 19.9. The van der Waals surface area contributed by atoms with Crippen LogP contribution in [0.5, 0.6) is 5.88 Å². The van der Waals surface area contributed by atoms with Gasteiger partial charge in [-0.25, -0.2) is 9.78 Å². The van der Waals surface area contributed by atoms with Crippen molar-refractivity contribution in [3.63, 3.8) is 0 Å². The van der Waals surface area contributed by atoms with Crippen LogP contribution in [0.15, 0.2) is 42.6 Å². The van der Waals surface area contributed by atoms with E-state index in [4.69, 9.17) is 27.9 Å². The van der Waals surface area contributed by atoms with Crippen molar-refractivity contribution in [2.24, 2.45) is 0 Å². The van der Waals surface area contributed by atoms with Crippen LogP contribution in [0.1, 0.15) is 25.7 Å². The third kappa shape index (κ3) is 5.51. The Hall–Kier alpha value is -1.98. The van der Waals surface area contributed by atoms with Gasteiger partial charge in [-0.05, 0) is 56.0 Å². The van der Waals surface area contributed by atoms with Gasteiger partial charge in [0.25, 0.3) is 0 Å². The van der Waals surface area contributed by atoms with Crippen molar-refractivity contribution >= 4 is 34.9 Å². The number of hydrogen-bond donors (Lipinski definition) is 2. The summed E-state index contributed by atoms with van der Waals surface area (Å²) in [5.74, 6) is 0.585. The number of pyridine rings is 1. The number of aromatic nitrogens is 1. The smallest absolute Gasteiger partial charge is 0.319 e. The molecule has 0 radical (unpaired) electrons. The molecule has 5 nitrogen and oxygen atoms in total. The van der Waals surface area contributed by atoms with E-state index < -0.39 is 0 Å². The summed E-state index contributed by atoms with van der Waals surface area (Å²) < 4.78 is 5.86. The number of carbonyl (C=O) groups is 1. The molecule has 132 valence electrons. The second-order valence-corrected chi connectivity index (χ2v) is 6.88. The fraction of sp³-hybridized carbons (Fsp3) is 0.333. The van der Waals surface area contributed by atoms with Gasteiger partial charge < -0.3 is 15.4 Å². The number of benzene rings is 1. The predicted octanol–water partition coefficient (Wildman–Crippen LogP) is 4.90. The van der Waals surface area contributed by atoms with Crippen molar-refractivity contribution in [2.45, 2.75) is 37.8 Å². The van der Waals surface area contributed by atoms with E-state index in [1.807, 2.05) is 0 Å². The number of ether oxygens (including phenoxy) is 1. The van der Waals surface area contributed by atoms with E-state index >= 15 is 0 Å². The lowest BCUT2D eigenvalue weighted by Gasteiger charge is -2.29. The molecule has 3 rings (SSSR count). The molecule has 1 aliphatic rings. The lowest BCUT2D eigenvalue weighted by atomic mass is 9.93. The van der Waals surface area contributed by atoms with Gasteiger partial charge in [-0.3, -0.25) is 0 Å². The second kappa shape index (κ2) is 8.41. The van der Waals surface area contributed by atoms with E-state index in [-0.39, 0.29) is 18.2 Å². The van der Waals surface area contributed by atoms with Gasteiger partial charge in [-0.2, -0.15) is 0 Å². The summed E-state index contributed by atoms with van der Waals surface area (Å²) in [5.41, 5.74) is 0.715. The van der Waals surface area contributed by atoms with Gasteiger partial charge in [0, 0.05) is 29.0 Å². The van der Waals surface area contributed by atoms with Crippen LogP contribution >= 0.6 is 23.2 Å². The van der Waals surface area contributed by atoms with Gasteiger partial charge in [0.2, 0.25) is 5.88 Å². The molecule has 2 amide bonds. The van der Waals surface area contributed by atoms with Gasteiger partial charge in [0.1, 0.15) is 6.10 Å². The molecule has 1 aromatic heterocycles. The van der Waals surface area contributed by atoms with E-state index in [2.05, 4.69) is 15.6 Å². The zero-order chi connectivity index (χ0) is 17.6. The number of amides is 2. The van der Waals surface area contributed by atoms with E-state index in [1.54, 1.807) is 42.6 Å². The average Bonchev–Trinajstić information content (AvgIpc) is 2.61. The molecule has 1 heterocycles. The molecule has 7 heteroatoms. The fourth-order valence-corrected chi connectivity index (χ4v) is 3.05. The van der Waals surface area contributed by atoms with Crippen molar-refractivity contribution < 1.29 is 9.53 Å². The van der Waals surface area contributed by atoms with Crippen molar-refractivity contribution in [2.75, 3.05) is 5.32 Å². The lowest BCUT2D eigenvalue weighted by Crippen LogP contribution is -2.41. The number of urea groups is 1. The van der Waals surface area contributed by atoms with Crippen molar-refractivity contribution in [3.05, 3.63) is 52.6 Å². The minimum atomic E-state index is -0.203. The van der Waals surface area contributed by atoms with Crippen LogP contribution < -0.4 is 15.4 Å². The standard InChI is InChI=1S/C18H19Cl2N3O2/c19-12-1-4-14(5-2-12)22-18(24)23-15-6-8-16(9-7-15)25-17-10-3-13(20)11-21-17/h1-5,10-11,15-16H,6-9H2,(H2,22,23,24). The molecular formula is C18H19Cl2N3O2. The van der Waals surface area contributed by atoms with Crippen LogP contribution in [0.25, 0.3) is 0 Å². The number of anilines is 1. The van der Waals surface area contributed by atoms with Crippen LogP contribution in [-0.4, -0.2) is 23.2 Å². The summed E-state index contributed by atoms with van der Waals surface area (Å²) in [5, 5.41) is 7.04. The molecular weight excluding hydrogens is 361 g/mol. The van der Waals surface area contributed by atoms with Crippen LogP contribution in [0.2, 0.25) is 10.0 Å². The summed E-state index contributed by atoms with van der Waals surface area (Å²) >= 11 is 11.6. The maximum Gasteiger partial charge on any atom is 0.319 e. The molecule has 2 aromatic rings. The molecule has 1 fully saturated rings. The number of nitrogens with zero attached hydrogens (tertiary/aromatic N) is 1. The van der Waals surface area contributed by atoms with Crippen LogP contribution in [0.4, 0.5) is 10.5 Å². The minimum Gasteiger partial charge on any atom is -0.474 e. The van der Waals surface area contributed by atoms with Gasteiger partial charge in [-0.1, -0.05) is 23.2 Å². The first-order chi connectivity index (χ1) is 12.1. The van der Waals surface area contributed by atoms with Crippen molar-refractivity contribution in [3.8, 4) is 5.88 Å². The summed E-state index contributed by atoms with van der Waals surface area (Å²) in [6, 6.07) is 10.5.